The predicted molar refractivity (Wildman–Crippen MR) is 125 cm³/mol. The molecule has 2 N–H and O–H groups in total. The second-order valence-electron chi connectivity index (χ2n) is 7.79. The van der Waals surface area contributed by atoms with Crippen LogP contribution >= 0.6 is 0 Å². The lowest BCUT2D eigenvalue weighted by atomic mass is 10.1. The third-order valence-electron chi connectivity index (χ3n) is 5.41. The minimum absolute atomic E-state index is 0.102. The van der Waals surface area contributed by atoms with E-state index in [-0.39, 0.29) is 11.4 Å². The van der Waals surface area contributed by atoms with Gasteiger partial charge in [-0.25, -0.2) is 19.2 Å². The number of anilines is 1. The van der Waals surface area contributed by atoms with Gasteiger partial charge in [-0.15, -0.1) is 0 Å². The molecular weight excluding hydrogens is 423 g/mol. The summed E-state index contributed by atoms with van der Waals surface area (Å²) in [7, 11) is 0. The molecule has 0 bridgehead atoms. The fraction of sp³-hybridized carbons (Fsp3) is 0.240. The van der Waals surface area contributed by atoms with Crippen LogP contribution in [-0.2, 0) is 6.54 Å². The molecule has 0 radical (unpaired) electrons. The maximum absolute atomic E-state index is 14.6. The van der Waals surface area contributed by atoms with Crippen LogP contribution in [-0.4, -0.2) is 38.8 Å². The minimum Gasteiger partial charge on any atom is -0.493 e. The number of aromatic carboxylic acids is 1. The smallest absolute Gasteiger partial charge is 0.339 e. The average Bonchev–Trinajstić information content (AvgIpc) is 3.09. The Labute approximate surface area is 190 Å². The zero-order chi connectivity index (χ0) is 23.5. The number of carbonyl (C=O) groups is 1. The topological polar surface area (TPSA) is 89.3 Å². The lowest BCUT2D eigenvalue weighted by molar-refractivity contribution is 0.0692. The highest BCUT2D eigenvalue weighted by molar-refractivity contribution is 5.92. The Morgan fingerprint density at radius 2 is 1.97 bits per heavy atom. The molecule has 7 nitrogen and oxygen atoms in total. The molecule has 8 heteroatoms. The fourth-order valence-electron chi connectivity index (χ4n) is 3.96. The predicted octanol–water partition coefficient (Wildman–Crippen LogP) is 5.06. The van der Waals surface area contributed by atoms with Crippen molar-refractivity contribution in [1.29, 1.82) is 0 Å². The minimum atomic E-state index is -1.05. The molecule has 0 aliphatic rings. The van der Waals surface area contributed by atoms with Gasteiger partial charge < -0.3 is 19.7 Å². The van der Waals surface area contributed by atoms with E-state index < -0.39 is 5.97 Å². The lowest BCUT2D eigenvalue weighted by Gasteiger charge is -2.12. The Kier molecular flexibility index (Phi) is 6.26. The van der Waals surface area contributed by atoms with Crippen molar-refractivity contribution < 1.29 is 19.0 Å². The number of hydrogen-bond acceptors (Lipinski definition) is 5. The number of halogens is 1. The molecule has 4 aromatic rings. The summed E-state index contributed by atoms with van der Waals surface area (Å²) in [6.07, 6.45) is 1.45. The van der Waals surface area contributed by atoms with Crippen molar-refractivity contribution in [1.82, 2.24) is 14.5 Å². The number of ether oxygens (including phenoxy) is 1. The fourth-order valence-corrected chi connectivity index (χ4v) is 3.96. The van der Waals surface area contributed by atoms with Crippen molar-refractivity contribution in [3.63, 3.8) is 0 Å². The number of nitrogens with one attached hydrogen (secondary N) is 1. The molecule has 0 atom stereocenters. The molecule has 0 aliphatic heterocycles. The molecule has 0 aliphatic carbocycles. The van der Waals surface area contributed by atoms with Gasteiger partial charge in [-0.1, -0.05) is 6.07 Å². The van der Waals surface area contributed by atoms with E-state index in [2.05, 4.69) is 15.3 Å². The van der Waals surface area contributed by atoms with E-state index in [0.717, 1.165) is 22.2 Å². The van der Waals surface area contributed by atoms with Crippen LogP contribution in [0.3, 0.4) is 0 Å². The zero-order valence-corrected chi connectivity index (χ0v) is 18.7. The standard InChI is InChI=1S/C25H25FN4O3/c1-4-33-22-12-17(5-6-19(22)25(31)32)21-13-23(29-14-28-21)27-7-8-30-16(3)11-18-9-15(2)10-20(26)24(18)30/h5-6,9-14H,4,7-8H2,1-3H3,(H,31,32)(H,27,28,29). The molecule has 0 saturated heterocycles. The summed E-state index contributed by atoms with van der Waals surface area (Å²) in [5, 5.41) is 13.5. The van der Waals surface area contributed by atoms with Crippen LogP contribution in [0.2, 0.25) is 0 Å². The first-order valence-electron chi connectivity index (χ1n) is 10.7. The van der Waals surface area contributed by atoms with Crippen LogP contribution < -0.4 is 10.1 Å². The average molecular weight is 448 g/mol. The summed E-state index contributed by atoms with van der Waals surface area (Å²) >= 11 is 0. The van der Waals surface area contributed by atoms with E-state index in [1.165, 1.54) is 12.4 Å². The molecule has 170 valence electrons. The largest absolute Gasteiger partial charge is 0.493 e. The van der Waals surface area contributed by atoms with Gasteiger partial charge in [0.05, 0.1) is 17.8 Å². The van der Waals surface area contributed by atoms with Crippen molar-refractivity contribution >= 4 is 22.7 Å². The van der Waals surface area contributed by atoms with Crippen molar-refractivity contribution in [3.05, 3.63) is 71.4 Å². The first-order chi connectivity index (χ1) is 15.9. The maximum atomic E-state index is 14.6. The summed E-state index contributed by atoms with van der Waals surface area (Å²) in [4.78, 5) is 20.0. The highest BCUT2D eigenvalue weighted by Gasteiger charge is 2.14. The molecule has 0 amide bonds. The zero-order valence-electron chi connectivity index (χ0n) is 18.7. The van der Waals surface area contributed by atoms with Gasteiger partial charge in [0.15, 0.2) is 0 Å². The lowest BCUT2D eigenvalue weighted by Crippen LogP contribution is -2.13. The number of carboxylic acids is 1. The number of fused-ring (bicyclic) bond motifs is 1. The van der Waals surface area contributed by atoms with E-state index in [1.54, 1.807) is 31.2 Å². The molecule has 4 rings (SSSR count). The molecule has 0 unspecified atom stereocenters. The van der Waals surface area contributed by atoms with E-state index in [0.29, 0.717) is 42.5 Å². The molecule has 2 aromatic carbocycles. The van der Waals surface area contributed by atoms with E-state index in [1.807, 2.05) is 30.5 Å². The van der Waals surface area contributed by atoms with Crippen LogP contribution in [0.4, 0.5) is 10.2 Å². The van der Waals surface area contributed by atoms with Gasteiger partial charge >= 0.3 is 5.97 Å². The van der Waals surface area contributed by atoms with Crippen LogP contribution in [0, 0.1) is 19.7 Å². The van der Waals surface area contributed by atoms with E-state index >= 15 is 0 Å². The van der Waals surface area contributed by atoms with Crippen LogP contribution in [0.15, 0.2) is 48.8 Å². The van der Waals surface area contributed by atoms with Gasteiger partial charge in [-0.3, -0.25) is 0 Å². The summed E-state index contributed by atoms with van der Waals surface area (Å²) in [6.45, 7) is 7.11. The summed E-state index contributed by atoms with van der Waals surface area (Å²) in [5.41, 5.74) is 3.94. The number of nitrogens with zero attached hydrogens (tertiary/aromatic N) is 3. The SMILES string of the molecule is CCOc1cc(-c2cc(NCCn3c(C)cc4cc(C)cc(F)c43)ncn2)ccc1C(=O)O. The van der Waals surface area contributed by atoms with Crippen molar-refractivity contribution in [2.75, 3.05) is 18.5 Å². The van der Waals surface area contributed by atoms with Crippen molar-refractivity contribution in [2.24, 2.45) is 0 Å². The summed E-state index contributed by atoms with van der Waals surface area (Å²) in [5.74, 6) is -0.361. The van der Waals surface area contributed by atoms with Crippen LogP contribution in [0.5, 0.6) is 5.75 Å². The molecule has 2 aromatic heterocycles. The first-order valence-corrected chi connectivity index (χ1v) is 10.7. The Morgan fingerprint density at radius 3 is 2.73 bits per heavy atom. The number of rotatable bonds is 8. The molecule has 33 heavy (non-hydrogen) atoms. The third kappa shape index (κ3) is 4.64. The Hall–Kier alpha value is -3.94. The number of carboxylic acid groups (broad SMARTS) is 1. The summed E-state index contributed by atoms with van der Waals surface area (Å²) < 4.78 is 22.0. The molecule has 0 fully saturated rings. The number of aryl methyl sites for hydroxylation is 2. The van der Waals surface area contributed by atoms with Gasteiger partial charge in [0.25, 0.3) is 0 Å². The van der Waals surface area contributed by atoms with Crippen molar-refractivity contribution in [3.8, 4) is 17.0 Å². The van der Waals surface area contributed by atoms with Crippen LogP contribution in [0.25, 0.3) is 22.2 Å². The number of benzene rings is 2. The van der Waals surface area contributed by atoms with E-state index in [9.17, 15) is 14.3 Å². The number of hydrogen-bond donors (Lipinski definition) is 2. The molecule has 0 saturated carbocycles. The van der Waals surface area contributed by atoms with Gasteiger partial charge in [-0.05, 0) is 56.7 Å². The normalized spacial score (nSPS) is 11.0. The second kappa shape index (κ2) is 9.28. The highest BCUT2D eigenvalue weighted by Crippen LogP contribution is 2.28. The Balaban J connectivity index is 1.52. The number of aromatic nitrogens is 3. The Bertz CT molecular complexity index is 1330. The molecule has 2 heterocycles. The van der Waals surface area contributed by atoms with Gasteiger partial charge in [0, 0.05) is 35.8 Å². The maximum Gasteiger partial charge on any atom is 0.339 e. The quantitative estimate of drug-likeness (QED) is 0.392. The van der Waals surface area contributed by atoms with Gasteiger partial charge in [0.1, 0.15) is 29.3 Å². The molecule has 0 spiro atoms. The first kappa shape index (κ1) is 22.3. The van der Waals surface area contributed by atoms with Gasteiger partial charge in [0.2, 0.25) is 0 Å². The second-order valence-corrected chi connectivity index (χ2v) is 7.79. The van der Waals surface area contributed by atoms with E-state index in [4.69, 9.17) is 4.74 Å². The van der Waals surface area contributed by atoms with Crippen molar-refractivity contribution in [2.45, 2.75) is 27.3 Å². The summed E-state index contributed by atoms with van der Waals surface area (Å²) in [6, 6.07) is 12.2. The Morgan fingerprint density at radius 1 is 1.15 bits per heavy atom. The third-order valence-corrected chi connectivity index (χ3v) is 5.41. The highest BCUT2D eigenvalue weighted by atomic mass is 19.1. The van der Waals surface area contributed by atoms with Gasteiger partial charge in [-0.2, -0.15) is 0 Å². The molecular formula is C25H25FN4O3. The monoisotopic (exact) mass is 448 g/mol. The van der Waals surface area contributed by atoms with Crippen LogP contribution in [0.1, 0.15) is 28.5 Å².